The highest BCUT2D eigenvalue weighted by molar-refractivity contribution is 6.08. The number of aromatic amines is 1. The average Bonchev–Trinajstić information content (AvgIpc) is 3.41. The Bertz CT molecular complexity index is 1270. The number of carboxylic acid groups (broad SMARTS) is 1. The van der Waals surface area contributed by atoms with E-state index in [0.717, 1.165) is 12.1 Å². The average molecular weight is 434 g/mol. The molecular weight excluding hydrogens is 412 g/mol. The fourth-order valence-electron chi connectivity index (χ4n) is 3.12. The number of amides is 1. The second-order valence-electron chi connectivity index (χ2n) is 7.44. The quantitative estimate of drug-likeness (QED) is 0.386. The van der Waals surface area contributed by atoms with Gasteiger partial charge in [-0.1, -0.05) is 6.07 Å². The van der Waals surface area contributed by atoms with Crippen LogP contribution in [0.3, 0.4) is 0 Å². The molecule has 3 N–H and O–H groups in total. The summed E-state index contributed by atoms with van der Waals surface area (Å²) in [4.78, 5) is 25.9. The van der Waals surface area contributed by atoms with Gasteiger partial charge in [0, 0.05) is 23.1 Å². The smallest absolute Gasteiger partial charge is 0.371 e. The first-order chi connectivity index (χ1) is 15.4. The van der Waals surface area contributed by atoms with Crippen LogP contribution < -0.4 is 10.1 Å². The number of carbonyl (C=O) groups is 2. The molecule has 2 aromatic carbocycles. The number of hydrogen-bond acceptors (Lipinski definition) is 6. The lowest BCUT2D eigenvalue weighted by atomic mass is 10.1. The summed E-state index contributed by atoms with van der Waals surface area (Å²) < 4.78 is 11.1. The van der Waals surface area contributed by atoms with Gasteiger partial charge in [0.15, 0.2) is 5.82 Å². The molecule has 0 aliphatic rings. The number of hydrogen-bond donors (Lipinski definition) is 3. The molecule has 9 heteroatoms. The minimum Gasteiger partial charge on any atom is -0.492 e. The van der Waals surface area contributed by atoms with Gasteiger partial charge >= 0.3 is 5.97 Å². The van der Waals surface area contributed by atoms with E-state index in [-0.39, 0.29) is 11.7 Å². The molecule has 0 fully saturated rings. The molecule has 0 saturated carbocycles. The fraction of sp³-hybridized carbons (Fsp3) is 0.174. The second-order valence-corrected chi connectivity index (χ2v) is 7.44. The Hall–Kier alpha value is -4.11. The van der Waals surface area contributed by atoms with Gasteiger partial charge in [-0.25, -0.2) is 4.79 Å². The molecule has 0 aliphatic carbocycles. The van der Waals surface area contributed by atoms with Gasteiger partial charge in [-0.3, -0.25) is 9.89 Å². The third-order valence-electron chi connectivity index (χ3n) is 4.80. The van der Waals surface area contributed by atoms with Crippen molar-refractivity contribution in [3.05, 3.63) is 65.9 Å². The Morgan fingerprint density at radius 2 is 2.00 bits per heavy atom. The summed E-state index contributed by atoms with van der Waals surface area (Å²) in [5, 5.41) is 19.6. The largest absolute Gasteiger partial charge is 0.492 e. The van der Waals surface area contributed by atoms with E-state index in [1.165, 1.54) is 6.07 Å². The van der Waals surface area contributed by atoms with Crippen molar-refractivity contribution in [2.24, 2.45) is 0 Å². The van der Waals surface area contributed by atoms with Crippen molar-refractivity contribution < 1.29 is 23.8 Å². The van der Waals surface area contributed by atoms with Crippen molar-refractivity contribution in [2.75, 3.05) is 32.6 Å². The van der Waals surface area contributed by atoms with Crippen LogP contribution in [0.4, 0.5) is 5.82 Å². The molecular formula is C23H22N4O5. The topological polar surface area (TPSA) is 121 Å². The normalized spacial score (nSPS) is 11.1. The number of anilines is 1. The molecule has 1 amide bonds. The summed E-state index contributed by atoms with van der Waals surface area (Å²) in [5.74, 6) is -0.232. The molecule has 4 aromatic rings. The highest BCUT2D eigenvalue weighted by atomic mass is 16.5. The number of furan rings is 1. The lowest BCUT2D eigenvalue weighted by Crippen LogP contribution is -2.19. The molecule has 9 nitrogen and oxygen atoms in total. The zero-order chi connectivity index (χ0) is 22.7. The number of H-pyrrole nitrogens is 1. The number of carbonyl (C=O) groups excluding carboxylic acids is 1. The Morgan fingerprint density at radius 3 is 2.75 bits per heavy atom. The van der Waals surface area contributed by atoms with Crippen LogP contribution in [0.25, 0.3) is 22.2 Å². The maximum atomic E-state index is 12.8. The minimum absolute atomic E-state index is 0.145. The lowest BCUT2D eigenvalue weighted by Gasteiger charge is -2.11. The van der Waals surface area contributed by atoms with Gasteiger partial charge in [0.25, 0.3) is 5.91 Å². The lowest BCUT2D eigenvalue weighted by molar-refractivity contribution is 0.0663. The Labute approximate surface area is 183 Å². The summed E-state index contributed by atoms with van der Waals surface area (Å²) in [6.07, 6.45) is 0. The van der Waals surface area contributed by atoms with Gasteiger partial charge in [-0.2, -0.15) is 5.10 Å². The van der Waals surface area contributed by atoms with Crippen molar-refractivity contribution in [3.8, 4) is 17.1 Å². The number of nitrogens with one attached hydrogen (secondary N) is 2. The summed E-state index contributed by atoms with van der Waals surface area (Å²) in [7, 11) is 3.92. The van der Waals surface area contributed by atoms with Gasteiger partial charge in [0.05, 0.1) is 5.52 Å². The van der Waals surface area contributed by atoms with Crippen LogP contribution in [0.15, 0.2) is 59.0 Å². The molecule has 0 spiro atoms. The molecule has 0 saturated heterocycles. The number of benzene rings is 2. The number of aromatic carboxylic acids is 1. The number of carboxylic acids is 1. The molecule has 164 valence electrons. The van der Waals surface area contributed by atoms with E-state index in [4.69, 9.17) is 14.3 Å². The number of ether oxygens (including phenoxy) is 1. The highest BCUT2D eigenvalue weighted by Crippen LogP contribution is 2.29. The third-order valence-corrected chi connectivity index (χ3v) is 4.80. The molecule has 0 unspecified atom stereocenters. The summed E-state index contributed by atoms with van der Waals surface area (Å²) in [6, 6.07) is 15.3. The van der Waals surface area contributed by atoms with E-state index in [1.807, 2.05) is 19.0 Å². The summed E-state index contributed by atoms with van der Waals surface area (Å²) in [5.41, 5.74) is 1.82. The number of nitrogens with zero attached hydrogens (tertiary/aromatic N) is 2. The molecule has 0 radical (unpaired) electrons. The van der Waals surface area contributed by atoms with Crippen LogP contribution >= 0.6 is 0 Å². The second kappa shape index (κ2) is 8.94. The van der Waals surface area contributed by atoms with E-state index >= 15 is 0 Å². The van der Waals surface area contributed by atoms with E-state index in [1.54, 1.807) is 48.5 Å². The zero-order valence-corrected chi connectivity index (χ0v) is 17.6. The van der Waals surface area contributed by atoms with Gasteiger partial charge in [0.1, 0.15) is 18.1 Å². The molecule has 0 atom stereocenters. The molecule has 32 heavy (non-hydrogen) atoms. The Morgan fingerprint density at radius 1 is 1.16 bits per heavy atom. The van der Waals surface area contributed by atoms with E-state index in [9.17, 15) is 9.59 Å². The zero-order valence-electron chi connectivity index (χ0n) is 17.6. The van der Waals surface area contributed by atoms with Crippen molar-refractivity contribution in [1.29, 1.82) is 0 Å². The van der Waals surface area contributed by atoms with Crippen LogP contribution in [-0.2, 0) is 0 Å². The summed E-state index contributed by atoms with van der Waals surface area (Å²) in [6.45, 7) is 1.28. The highest BCUT2D eigenvalue weighted by Gasteiger charge is 2.15. The predicted octanol–water partition coefficient (Wildman–Crippen LogP) is 3.71. The Kier molecular flexibility index (Phi) is 5.91. The number of aromatic nitrogens is 2. The molecule has 4 rings (SSSR count). The summed E-state index contributed by atoms with van der Waals surface area (Å²) >= 11 is 0. The first kappa shape index (κ1) is 21.1. The maximum absolute atomic E-state index is 12.8. The predicted molar refractivity (Wildman–Crippen MR) is 119 cm³/mol. The number of rotatable bonds is 8. The van der Waals surface area contributed by atoms with Gasteiger partial charge in [-0.15, -0.1) is 0 Å². The van der Waals surface area contributed by atoms with Crippen LogP contribution in [0, 0.1) is 0 Å². The number of fused-ring (bicyclic) bond motifs is 1. The van der Waals surface area contributed by atoms with Crippen LogP contribution in [-0.4, -0.2) is 59.3 Å². The standard InChI is InChI=1S/C23H22N4O5/c1-27(2)10-11-31-16-5-3-4-15(12-16)22(28)24-21-17-13-14(6-7-18(17)25-26-21)19-8-9-20(32-19)23(29)30/h3-9,12-13H,10-11H2,1-2H3,(H,29,30)(H2,24,25,26,28). The van der Waals surface area contributed by atoms with Gasteiger partial charge in [0.2, 0.25) is 5.76 Å². The van der Waals surface area contributed by atoms with Crippen LogP contribution in [0.1, 0.15) is 20.9 Å². The SMILES string of the molecule is CN(C)CCOc1cccc(C(=O)Nc2n[nH]c3ccc(-c4ccc(C(=O)O)o4)cc23)c1. The molecule has 0 aliphatic heterocycles. The van der Waals surface area contributed by atoms with Crippen molar-refractivity contribution in [3.63, 3.8) is 0 Å². The number of likely N-dealkylation sites (N-methyl/N-ethyl adjacent to an activating group) is 1. The maximum Gasteiger partial charge on any atom is 0.371 e. The van der Waals surface area contributed by atoms with Gasteiger partial charge < -0.3 is 24.5 Å². The van der Waals surface area contributed by atoms with Crippen LogP contribution in [0.5, 0.6) is 5.75 Å². The monoisotopic (exact) mass is 434 g/mol. The molecule has 2 aromatic heterocycles. The van der Waals surface area contributed by atoms with Crippen molar-refractivity contribution in [2.45, 2.75) is 0 Å². The minimum atomic E-state index is -1.14. The van der Waals surface area contributed by atoms with Gasteiger partial charge in [-0.05, 0) is 62.6 Å². The first-order valence-corrected chi connectivity index (χ1v) is 9.91. The molecule has 2 heterocycles. The van der Waals surface area contributed by atoms with Crippen LogP contribution in [0.2, 0.25) is 0 Å². The fourth-order valence-corrected chi connectivity index (χ4v) is 3.12. The molecule has 0 bridgehead atoms. The first-order valence-electron chi connectivity index (χ1n) is 9.91. The van der Waals surface area contributed by atoms with E-state index < -0.39 is 5.97 Å². The van der Waals surface area contributed by atoms with E-state index in [0.29, 0.717) is 40.4 Å². The van der Waals surface area contributed by atoms with Crippen molar-refractivity contribution >= 4 is 28.6 Å². The van der Waals surface area contributed by atoms with Crippen molar-refractivity contribution in [1.82, 2.24) is 15.1 Å². The van der Waals surface area contributed by atoms with E-state index in [2.05, 4.69) is 15.5 Å². The Balaban J connectivity index is 1.54. The third kappa shape index (κ3) is 4.62.